The minimum atomic E-state index is -0.627. The van der Waals surface area contributed by atoms with Gasteiger partial charge in [0.2, 0.25) is 5.43 Å². The second-order valence-electron chi connectivity index (χ2n) is 3.56. The standard InChI is InChI=1S/C12H10BNO3/c1-2-17-12(16)9-6-14-10-4-3-7(13)5-8(10)11(9)15/h3-6H,2H2,1H3,(H,14,15). The van der Waals surface area contributed by atoms with Crippen molar-refractivity contribution in [2.45, 2.75) is 6.92 Å². The monoisotopic (exact) mass is 227 g/mol. The summed E-state index contributed by atoms with van der Waals surface area (Å²) in [6.07, 6.45) is 1.36. The number of fused-ring (bicyclic) bond motifs is 1. The number of carbonyl (C=O) groups excluding carboxylic acids is 1. The lowest BCUT2D eigenvalue weighted by Gasteiger charge is -2.03. The summed E-state index contributed by atoms with van der Waals surface area (Å²) in [7, 11) is 5.61. The molecule has 0 aliphatic carbocycles. The molecule has 2 aromatic rings. The fourth-order valence-electron chi connectivity index (χ4n) is 1.60. The van der Waals surface area contributed by atoms with Gasteiger partial charge < -0.3 is 9.72 Å². The molecule has 0 aliphatic heterocycles. The van der Waals surface area contributed by atoms with E-state index in [1.165, 1.54) is 12.3 Å². The summed E-state index contributed by atoms with van der Waals surface area (Å²) < 4.78 is 4.80. The van der Waals surface area contributed by atoms with Crippen LogP contribution in [0.2, 0.25) is 0 Å². The third kappa shape index (κ3) is 2.09. The molecule has 0 fully saturated rings. The van der Waals surface area contributed by atoms with Gasteiger partial charge in [0.1, 0.15) is 13.4 Å². The number of esters is 1. The summed E-state index contributed by atoms with van der Waals surface area (Å²) >= 11 is 0. The molecule has 0 aliphatic rings. The molecule has 17 heavy (non-hydrogen) atoms. The number of carbonyl (C=O) groups is 1. The summed E-state index contributed by atoms with van der Waals surface area (Å²) in [4.78, 5) is 26.4. The molecule has 0 bridgehead atoms. The molecule has 1 heterocycles. The molecule has 0 saturated carbocycles. The molecule has 1 aromatic carbocycles. The van der Waals surface area contributed by atoms with E-state index in [4.69, 9.17) is 12.6 Å². The number of ether oxygens (including phenoxy) is 1. The molecule has 0 unspecified atom stereocenters. The summed E-state index contributed by atoms with van der Waals surface area (Å²) in [6.45, 7) is 1.92. The highest BCUT2D eigenvalue weighted by Crippen LogP contribution is 2.06. The Morgan fingerprint density at radius 1 is 1.47 bits per heavy atom. The molecule has 0 amide bonds. The van der Waals surface area contributed by atoms with Crippen LogP contribution in [0.4, 0.5) is 0 Å². The minimum absolute atomic E-state index is 0.00931. The zero-order valence-corrected chi connectivity index (χ0v) is 9.32. The van der Waals surface area contributed by atoms with Gasteiger partial charge >= 0.3 is 5.97 Å². The van der Waals surface area contributed by atoms with Crippen molar-refractivity contribution in [1.29, 1.82) is 0 Å². The Morgan fingerprint density at radius 3 is 2.94 bits per heavy atom. The van der Waals surface area contributed by atoms with Crippen LogP contribution in [0.3, 0.4) is 0 Å². The van der Waals surface area contributed by atoms with Crippen LogP contribution in [-0.2, 0) is 4.74 Å². The highest BCUT2D eigenvalue weighted by Gasteiger charge is 2.13. The second kappa shape index (κ2) is 4.45. The molecule has 5 heteroatoms. The van der Waals surface area contributed by atoms with Crippen LogP contribution in [0.1, 0.15) is 17.3 Å². The van der Waals surface area contributed by atoms with E-state index in [2.05, 4.69) is 4.98 Å². The van der Waals surface area contributed by atoms with Crippen molar-refractivity contribution in [1.82, 2.24) is 4.98 Å². The minimum Gasteiger partial charge on any atom is -0.462 e. The number of aromatic amines is 1. The summed E-state index contributed by atoms with van der Waals surface area (Å²) in [5.74, 6) is -0.627. The van der Waals surface area contributed by atoms with Gasteiger partial charge in [-0.3, -0.25) is 4.79 Å². The zero-order valence-electron chi connectivity index (χ0n) is 9.32. The van der Waals surface area contributed by atoms with E-state index in [1.807, 2.05) is 0 Å². The van der Waals surface area contributed by atoms with E-state index in [1.54, 1.807) is 19.1 Å². The van der Waals surface area contributed by atoms with Crippen molar-refractivity contribution in [3.63, 3.8) is 0 Å². The number of aromatic nitrogens is 1. The number of H-pyrrole nitrogens is 1. The van der Waals surface area contributed by atoms with Gasteiger partial charge in [-0.05, 0) is 13.0 Å². The summed E-state index contributed by atoms with van der Waals surface area (Å²) in [5, 5.41) is 0.385. The zero-order chi connectivity index (χ0) is 12.4. The molecule has 0 atom stereocenters. The summed E-state index contributed by atoms with van der Waals surface area (Å²) in [5.41, 5.74) is 0.732. The molecular formula is C12H10BNO3. The van der Waals surface area contributed by atoms with Crippen molar-refractivity contribution in [2.24, 2.45) is 0 Å². The maximum absolute atomic E-state index is 12.0. The number of pyridine rings is 1. The Balaban J connectivity index is 2.65. The van der Waals surface area contributed by atoms with Crippen molar-refractivity contribution >= 4 is 30.2 Å². The van der Waals surface area contributed by atoms with Gasteiger partial charge in [0.15, 0.2) is 0 Å². The molecule has 0 spiro atoms. The molecule has 1 aromatic heterocycles. The van der Waals surface area contributed by atoms with Gasteiger partial charge in [-0.1, -0.05) is 17.6 Å². The van der Waals surface area contributed by atoms with Gasteiger partial charge in [0, 0.05) is 17.1 Å². The largest absolute Gasteiger partial charge is 0.462 e. The van der Waals surface area contributed by atoms with Crippen LogP contribution in [-0.4, -0.2) is 25.4 Å². The molecule has 0 saturated heterocycles. The Labute approximate surface area is 99.0 Å². The van der Waals surface area contributed by atoms with E-state index in [0.717, 1.165) is 0 Å². The van der Waals surface area contributed by atoms with Gasteiger partial charge in [-0.2, -0.15) is 0 Å². The average molecular weight is 227 g/mol. The van der Waals surface area contributed by atoms with E-state index in [9.17, 15) is 9.59 Å². The maximum atomic E-state index is 12.0. The molecule has 2 radical (unpaired) electrons. The summed E-state index contributed by atoms with van der Waals surface area (Å²) in [6, 6.07) is 4.92. The third-order valence-corrected chi connectivity index (χ3v) is 2.40. The van der Waals surface area contributed by atoms with Crippen molar-refractivity contribution in [3.05, 3.63) is 40.2 Å². The Hall–Kier alpha value is -2.04. The second-order valence-corrected chi connectivity index (χ2v) is 3.56. The highest BCUT2D eigenvalue weighted by molar-refractivity contribution is 6.33. The molecule has 4 nitrogen and oxygen atoms in total. The lowest BCUT2D eigenvalue weighted by atomic mass is 9.94. The quantitative estimate of drug-likeness (QED) is 0.600. The first-order chi connectivity index (χ1) is 8.13. The molecule has 1 N–H and O–H groups in total. The van der Waals surface area contributed by atoms with Gasteiger partial charge in [0.05, 0.1) is 6.61 Å². The van der Waals surface area contributed by atoms with Crippen molar-refractivity contribution < 1.29 is 9.53 Å². The van der Waals surface area contributed by atoms with Crippen LogP contribution >= 0.6 is 0 Å². The van der Waals surface area contributed by atoms with Crippen molar-refractivity contribution in [2.75, 3.05) is 6.61 Å². The lowest BCUT2D eigenvalue weighted by Crippen LogP contribution is -2.19. The Morgan fingerprint density at radius 2 is 2.24 bits per heavy atom. The number of hydrogen-bond acceptors (Lipinski definition) is 3. The van der Waals surface area contributed by atoms with E-state index >= 15 is 0 Å². The van der Waals surface area contributed by atoms with Gasteiger partial charge in [0.25, 0.3) is 0 Å². The first-order valence-corrected chi connectivity index (χ1v) is 5.21. The topological polar surface area (TPSA) is 59.2 Å². The average Bonchev–Trinajstić information content (AvgIpc) is 2.30. The van der Waals surface area contributed by atoms with Crippen LogP contribution in [0.25, 0.3) is 10.9 Å². The predicted octanol–water partition coefficient (Wildman–Crippen LogP) is 0.499. The maximum Gasteiger partial charge on any atom is 0.343 e. The van der Waals surface area contributed by atoms with E-state index in [-0.39, 0.29) is 17.6 Å². The number of rotatable bonds is 2. The van der Waals surface area contributed by atoms with Gasteiger partial charge in [-0.15, -0.1) is 0 Å². The highest BCUT2D eigenvalue weighted by atomic mass is 16.5. The SMILES string of the molecule is [B]c1ccc2[nH]cc(C(=O)OCC)c(=O)c2c1. The first-order valence-electron chi connectivity index (χ1n) is 5.21. The lowest BCUT2D eigenvalue weighted by molar-refractivity contribution is 0.0524. The van der Waals surface area contributed by atoms with Crippen LogP contribution in [0, 0.1) is 0 Å². The van der Waals surface area contributed by atoms with E-state index in [0.29, 0.717) is 16.4 Å². The normalized spacial score (nSPS) is 10.4. The third-order valence-electron chi connectivity index (χ3n) is 2.40. The van der Waals surface area contributed by atoms with Gasteiger partial charge in [-0.25, -0.2) is 4.79 Å². The van der Waals surface area contributed by atoms with Crippen LogP contribution in [0.15, 0.2) is 29.2 Å². The fraction of sp³-hybridized carbons (Fsp3) is 0.167. The fourth-order valence-corrected chi connectivity index (χ4v) is 1.60. The van der Waals surface area contributed by atoms with E-state index < -0.39 is 5.97 Å². The number of hydrogen-bond donors (Lipinski definition) is 1. The molecule has 84 valence electrons. The Bertz CT molecular complexity index is 633. The predicted molar refractivity (Wildman–Crippen MR) is 65.9 cm³/mol. The molecular weight excluding hydrogens is 217 g/mol. The van der Waals surface area contributed by atoms with Crippen LogP contribution in [0.5, 0.6) is 0 Å². The number of nitrogens with one attached hydrogen (secondary N) is 1. The number of benzene rings is 1. The molecule has 2 rings (SSSR count). The van der Waals surface area contributed by atoms with Crippen LogP contribution < -0.4 is 10.9 Å². The first kappa shape index (κ1) is 11.5. The van der Waals surface area contributed by atoms with Crippen molar-refractivity contribution in [3.8, 4) is 0 Å². The Kier molecular flexibility index (Phi) is 3.00. The smallest absolute Gasteiger partial charge is 0.343 e.